The van der Waals surface area contributed by atoms with Gasteiger partial charge in [0.15, 0.2) is 0 Å². The molecule has 0 bridgehead atoms. The summed E-state index contributed by atoms with van der Waals surface area (Å²) >= 11 is 0. The van der Waals surface area contributed by atoms with Crippen LogP contribution in [0.1, 0.15) is 55.1 Å². The number of amides is 1. The molecule has 1 N–H and O–H groups in total. The standard InChI is InChI=1S/C17H25N3O/c1-3-4-14-9-13(10-16(18-2)19-14)17(21)20(15-7-8-15)11-12-5-6-12/h9-10,12,15H,3-8,11H2,1-2H3,(H,18,19). The van der Waals surface area contributed by atoms with Crippen molar-refractivity contribution in [2.45, 2.75) is 51.5 Å². The minimum atomic E-state index is 0.195. The fourth-order valence-electron chi connectivity index (χ4n) is 2.75. The lowest BCUT2D eigenvalue weighted by Crippen LogP contribution is -2.35. The van der Waals surface area contributed by atoms with Crippen LogP contribution in [0.5, 0.6) is 0 Å². The summed E-state index contributed by atoms with van der Waals surface area (Å²) in [5, 5.41) is 3.08. The second-order valence-corrected chi connectivity index (χ2v) is 6.36. The van der Waals surface area contributed by atoms with Crippen molar-refractivity contribution in [1.29, 1.82) is 0 Å². The van der Waals surface area contributed by atoms with Gasteiger partial charge in [0.1, 0.15) is 5.82 Å². The maximum Gasteiger partial charge on any atom is 0.254 e. The molecular weight excluding hydrogens is 262 g/mol. The maximum atomic E-state index is 12.9. The van der Waals surface area contributed by atoms with Crippen molar-refractivity contribution in [2.75, 3.05) is 18.9 Å². The summed E-state index contributed by atoms with van der Waals surface area (Å²) in [5.74, 6) is 1.74. The van der Waals surface area contributed by atoms with Gasteiger partial charge in [0.05, 0.1) is 0 Å². The third-order valence-electron chi connectivity index (χ3n) is 4.29. The summed E-state index contributed by atoms with van der Waals surface area (Å²) in [4.78, 5) is 19.5. The molecule has 1 heterocycles. The van der Waals surface area contributed by atoms with Gasteiger partial charge in [-0.05, 0) is 50.2 Å². The minimum Gasteiger partial charge on any atom is -0.373 e. The van der Waals surface area contributed by atoms with E-state index in [0.717, 1.165) is 42.4 Å². The van der Waals surface area contributed by atoms with E-state index in [9.17, 15) is 4.79 Å². The molecule has 114 valence electrons. The highest BCUT2D eigenvalue weighted by molar-refractivity contribution is 5.95. The van der Waals surface area contributed by atoms with Gasteiger partial charge in [0, 0.05) is 30.9 Å². The lowest BCUT2D eigenvalue weighted by atomic mass is 10.1. The fraction of sp³-hybridized carbons (Fsp3) is 0.647. The molecule has 1 aromatic rings. The van der Waals surface area contributed by atoms with E-state index in [2.05, 4.69) is 22.1 Å². The maximum absolute atomic E-state index is 12.9. The van der Waals surface area contributed by atoms with Crippen LogP contribution in [-0.4, -0.2) is 35.4 Å². The highest BCUT2D eigenvalue weighted by atomic mass is 16.2. The summed E-state index contributed by atoms with van der Waals surface area (Å²) in [6.07, 6.45) is 6.88. The fourth-order valence-corrected chi connectivity index (χ4v) is 2.75. The Morgan fingerprint density at radius 1 is 1.33 bits per heavy atom. The molecule has 0 radical (unpaired) electrons. The summed E-state index contributed by atoms with van der Waals surface area (Å²) in [6.45, 7) is 3.09. The number of carbonyl (C=O) groups excluding carboxylic acids is 1. The Morgan fingerprint density at radius 2 is 2.10 bits per heavy atom. The molecule has 2 aliphatic rings. The lowest BCUT2D eigenvalue weighted by molar-refractivity contribution is 0.0734. The Kier molecular flexibility index (Phi) is 4.13. The Hall–Kier alpha value is -1.58. The highest BCUT2D eigenvalue weighted by Crippen LogP contribution is 2.35. The van der Waals surface area contributed by atoms with Gasteiger partial charge in [-0.25, -0.2) is 4.98 Å². The first-order valence-electron chi connectivity index (χ1n) is 8.21. The van der Waals surface area contributed by atoms with Gasteiger partial charge in [0.2, 0.25) is 0 Å². The summed E-state index contributed by atoms with van der Waals surface area (Å²) in [6, 6.07) is 4.36. The summed E-state index contributed by atoms with van der Waals surface area (Å²) in [5.41, 5.74) is 1.81. The number of hydrogen-bond acceptors (Lipinski definition) is 3. The Labute approximate surface area is 126 Å². The van der Waals surface area contributed by atoms with Crippen LogP contribution in [0.25, 0.3) is 0 Å². The molecule has 21 heavy (non-hydrogen) atoms. The first-order valence-corrected chi connectivity index (χ1v) is 8.21. The second-order valence-electron chi connectivity index (χ2n) is 6.36. The van der Waals surface area contributed by atoms with Gasteiger partial charge < -0.3 is 10.2 Å². The van der Waals surface area contributed by atoms with Crippen molar-refractivity contribution in [2.24, 2.45) is 5.92 Å². The number of pyridine rings is 1. The number of nitrogens with one attached hydrogen (secondary N) is 1. The molecule has 2 aliphatic carbocycles. The van der Waals surface area contributed by atoms with Crippen molar-refractivity contribution in [3.63, 3.8) is 0 Å². The van der Waals surface area contributed by atoms with Gasteiger partial charge in [-0.3, -0.25) is 4.79 Å². The molecule has 2 fully saturated rings. The van der Waals surface area contributed by atoms with E-state index < -0.39 is 0 Å². The van der Waals surface area contributed by atoms with Crippen molar-refractivity contribution in [1.82, 2.24) is 9.88 Å². The number of aromatic nitrogens is 1. The van der Waals surface area contributed by atoms with E-state index >= 15 is 0 Å². The van der Waals surface area contributed by atoms with E-state index in [1.807, 2.05) is 19.2 Å². The predicted molar refractivity (Wildman–Crippen MR) is 84.6 cm³/mol. The van der Waals surface area contributed by atoms with E-state index in [0.29, 0.717) is 6.04 Å². The van der Waals surface area contributed by atoms with Gasteiger partial charge in [-0.2, -0.15) is 0 Å². The normalized spacial score (nSPS) is 17.6. The quantitative estimate of drug-likeness (QED) is 0.838. The molecule has 4 nitrogen and oxygen atoms in total. The number of aryl methyl sites for hydroxylation is 1. The van der Waals surface area contributed by atoms with Gasteiger partial charge in [0.25, 0.3) is 5.91 Å². The van der Waals surface area contributed by atoms with Gasteiger partial charge in [-0.1, -0.05) is 13.3 Å². The molecule has 0 aliphatic heterocycles. The van der Waals surface area contributed by atoms with E-state index in [1.165, 1.54) is 25.7 Å². The zero-order chi connectivity index (χ0) is 14.8. The molecule has 0 unspecified atom stereocenters. The highest BCUT2D eigenvalue weighted by Gasteiger charge is 2.37. The van der Waals surface area contributed by atoms with Crippen molar-refractivity contribution >= 4 is 11.7 Å². The molecule has 2 saturated carbocycles. The topological polar surface area (TPSA) is 45.2 Å². The SMILES string of the molecule is CCCc1cc(C(=O)N(CC2CC2)C2CC2)cc(NC)n1. The minimum absolute atomic E-state index is 0.195. The molecule has 0 spiro atoms. The van der Waals surface area contributed by atoms with Crippen LogP contribution in [0.15, 0.2) is 12.1 Å². The first kappa shape index (κ1) is 14.4. The van der Waals surface area contributed by atoms with Crippen LogP contribution in [0.3, 0.4) is 0 Å². The van der Waals surface area contributed by atoms with E-state index in [-0.39, 0.29) is 5.91 Å². The van der Waals surface area contributed by atoms with Crippen molar-refractivity contribution < 1.29 is 4.79 Å². The summed E-state index contributed by atoms with van der Waals surface area (Å²) in [7, 11) is 1.86. The Morgan fingerprint density at radius 3 is 2.67 bits per heavy atom. The average Bonchev–Trinajstić information content (AvgIpc) is 3.37. The number of hydrogen-bond donors (Lipinski definition) is 1. The molecule has 0 saturated heterocycles. The Bertz CT molecular complexity index is 521. The molecule has 1 aromatic heterocycles. The van der Waals surface area contributed by atoms with Crippen LogP contribution >= 0.6 is 0 Å². The van der Waals surface area contributed by atoms with Gasteiger partial charge in [-0.15, -0.1) is 0 Å². The first-order chi connectivity index (χ1) is 10.2. The van der Waals surface area contributed by atoms with Gasteiger partial charge >= 0.3 is 0 Å². The van der Waals surface area contributed by atoms with Crippen LogP contribution < -0.4 is 5.32 Å². The molecule has 3 rings (SSSR count). The second kappa shape index (κ2) is 6.04. The van der Waals surface area contributed by atoms with Crippen molar-refractivity contribution in [3.8, 4) is 0 Å². The number of carbonyl (C=O) groups is 1. The molecule has 4 heteroatoms. The van der Waals surface area contributed by atoms with Crippen LogP contribution in [0.2, 0.25) is 0 Å². The van der Waals surface area contributed by atoms with E-state index in [4.69, 9.17) is 0 Å². The van der Waals surface area contributed by atoms with Crippen molar-refractivity contribution in [3.05, 3.63) is 23.4 Å². The average molecular weight is 287 g/mol. The molecular formula is C17H25N3O. The largest absolute Gasteiger partial charge is 0.373 e. The third kappa shape index (κ3) is 3.55. The smallest absolute Gasteiger partial charge is 0.254 e. The number of rotatable bonds is 7. The van der Waals surface area contributed by atoms with Crippen LogP contribution in [0.4, 0.5) is 5.82 Å². The number of nitrogens with zero attached hydrogens (tertiary/aromatic N) is 2. The zero-order valence-corrected chi connectivity index (χ0v) is 13.1. The molecule has 1 amide bonds. The number of anilines is 1. The third-order valence-corrected chi connectivity index (χ3v) is 4.29. The zero-order valence-electron chi connectivity index (χ0n) is 13.1. The van der Waals surface area contributed by atoms with E-state index in [1.54, 1.807) is 0 Å². The van der Waals surface area contributed by atoms with Crippen LogP contribution in [-0.2, 0) is 6.42 Å². The summed E-state index contributed by atoms with van der Waals surface area (Å²) < 4.78 is 0. The van der Waals surface area contributed by atoms with Crippen LogP contribution in [0, 0.1) is 5.92 Å². The predicted octanol–water partition coefficient (Wildman–Crippen LogP) is 3.09. The Balaban J connectivity index is 1.82. The monoisotopic (exact) mass is 287 g/mol. The lowest BCUT2D eigenvalue weighted by Gasteiger charge is -2.23. The molecule has 0 aromatic carbocycles. The molecule has 0 atom stereocenters.